The van der Waals surface area contributed by atoms with E-state index in [2.05, 4.69) is 37.8 Å². The Morgan fingerprint density at radius 2 is 1.70 bits per heavy atom. The van der Waals surface area contributed by atoms with Crippen molar-refractivity contribution in [3.8, 4) is 0 Å². The third-order valence-corrected chi connectivity index (χ3v) is 4.06. The van der Waals surface area contributed by atoms with Crippen LogP contribution in [0.25, 0.3) is 0 Å². The molecule has 1 amide bonds. The van der Waals surface area contributed by atoms with Crippen molar-refractivity contribution in [2.24, 2.45) is 4.99 Å². The van der Waals surface area contributed by atoms with Crippen LogP contribution in [0, 0.1) is 0 Å². The summed E-state index contributed by atoms with van der Waals surface area (Å²) in [6, 6.07) is 0. The van der Waals surface area contributed by atoms with Crippen LogP contribution in [-0.4, -0.2) is 93.9 Å². The summed E-state index contributed by atoms with van der Waals surface area (Å²) in [6.45, 7) is 13.3. The topological polar surface area (TPSA) is 81.2 Å². The lowest BCUT2D eigenvalue weighted by molar-refractivity contribution is 0.0529. The number of halogens is 1. The van der Waals surface area contributed by atoms with E-state index in [1.54, 1.807) is 7.05 Å². The Balaban J connectivity index is 0.00000676. The van der Waals surface area contributed by atoms with Crippen molar-refractivity contribution >= 4 is 36.0 Å². The first-order chi connectivity index (χ1) is 12.3. The van der Waals surface area contributed by atoms with Crippen LogP contribution in [-0.2, 0) is 4.74 Å². The minimum absolute atomic E-state index is 0. The predicted octanol–water partition coefficient (Wildman–Crippen LogP) is 1.32. The van der Waals surface area contributed by atoms with Gasteiger partial charge in [0.2, 0.25) is 0 Å². The first-order valence-electron chi connectivity index (χ1n) is 9.62. The maximum absolute atomic E-state index is 11.6. The molecule has 1 saturated heterocycles. The van der Waals surface area contributed by atoms with Gasteiger partial charge in [0.05, 0.1) is 0 Å². The average molecular weight is 498 g/mol. The smallest absolute Gasteiger partial charge is 0.407 e. The molecule has 160 valence electrons. The van der Waals surface area contributed by atoms with E-state index in [-0.39, 0.29) is 24.0 Å². The summed E-state index contributed by atoms with van der Waals surface area (Å²) in [7, 11) is 3.94. The van der Waals surface area contributed by atoms with Crippen molar-refractivity contribution in [2.45, 2.75) is 39.2 Å². The molecule has 0 radical (unpaired) electrons. The third-order valence-electron chi connectivity index (χ3n) is 4.06. The number of ether oxygens (including phenoxy) is 1. The van der Waals surface area contributed by atoms with Gasteiger partial charge in [0.25, 0.3) is 0 Å². The molecular weight excluding hydrogens is 459 g/mol. The molecule has 9 heteroatoms. The van der Waals surface area contributed by atoms with E-state index < -0.39 is 11.7 Å². The molecule has 1 rings (SSSR count). The zero-order chi connectivity index (χ0) is 19.4. The van der Waals surface area contributed by atoms with Crippen molar-refractivity contribution in [1.82, 2.24) is 25.8 Å². The van der Waals surface area contributed by atoms with Crippen molar-refractivity contribution in [1.29, 1.82) is 0 Å². The second kappa shape index (κ2) is 14.2. The van der Waals surface area contributed by atoms with Gasteiger partial charge in [-0.1, -0.05) is 0 Å². The highest BCUT2D eigenvalue weighted by molar-refractivity contribution is 14.0. The van der Waals surface area contributed by atoms with Crippen molar-refractivity contribution < 1.29 is 9.53 Å². The Morgan fingerprint density at radius 1 is 1.04 bits per heavy atom. The Morgan fingerprint density at radius 3 is 2.37 bits per heavy atom. The SMILES string of the molecule is CN=C(NCCCN1CCCN(C)CC1)NCCNC(=O)OC(C)(C)C.I. The Hall–Kier alpha value is -0.810. The fraction of sp³-hybridized carbons (Fsp3) is 0.889. The molecule has 0 bridgehead atoms. The maximum atomic E-state index is 11.6. The second-order valence-corrected chi connectivity index (χ2v) is 7.71. The molecule has 1 fully saturated rings. The highest BCUT2D eigenvalue weighted by Gasteiger charge is 2.15. The van der Waals surface area contributed by atoms with Gasteiger partial charge in [0.1, 0.15) is 5.60 Å². The van der Waals surface area contributed by atoms with E-state index in [0.29, 0.717) is 13.1 Å². The van der Waals surface area contributed by atoms with Crippen LogP contribution in [0.1, 0.15) is 33.6 Å². The normalized spacial score (nSPS) is 16.9. The van der Waals surface area contributed by atoms with Crippen molar-refractivity contribution in [3.63, 3.8) is 0 Å². The van der Waals surface area contributed by atoms with Gasteiger partial charge in [-0.05, 0) is 60.3 Å². The van der Waals surface area contributed by atoms with Gasteiger partial charge >= 0.3 is 6.09 Å². The highest BCUT2D eigenvalue weighted by Crippen LogP contribution is 2.06. The number of carbonyl (C=O) groups is 1. The van der Waals surface area contributed by atoms with E-state index in [0.717, 1.165) is 38.6 Å². The minimum Gasteiger partial charge on any atom is -0.444 e. The summed E-state index contributed by atoms with van der Waals surface area (Å²) in [5.74, 6) is 0.756. The summed E-state index contributed by atoms with van der Waals surface area (Å²) < 4.78 is 5.19. The van der Waals surface area contributed by atoms with Crippen molar-refractivity contribution in [3.05, 3.63) is 0 Å². The molecule has 1 aliphatic rings. The second-order valence-electron chi connectivity index (χ2n) is 7.71. The van der Waals surface area contributed by atoms with Crippen LogP contribution in [0.15, 0.2) is 4.99 Å². The molecule has 8 nitrogen and oxygen atoms in total. The van der Waals surface area contributed by atoms with Crippen LogP contribution >= 0.6 is 24.0 Å². The molecule has 0 aromatic carbocycles. The van der Waals surface area contributed by atoms with Gasteiger partial charge in [-0.3, -0.25) is 4.99 Å². The van der Waals surface area contributed by atoms with Gasteiger partial charge < -0.3 is 30.5 Å². The molecule has 27 heavy (non-hydrogen) atoms. The van der Waals surface area contributed by atoms with Gasteiger partial charge in [-0.15, -0.1) is 24.0 Å². The zero-order valence-electron chi connectivity index (χ0n) is 17.6. The fourth-order valence-electron chi connectivity index (χ4n) is 2.71. The van der Waals surface area contributed by atoms with Gasteiger partial charge in [-0.2, -0.15) is 0 Å². The van der Waals surface area contributed by atoms with E-state index >= 15 is 0 Å². The lowest BCUT2D eigenvalue weighted by Crippen LogP contribution is -2.43. The number of rotatable bonds is 7. The van der Waals surface area contributed by atoms with E-state index in [1.165, 1.54) is 19.5 Å². The Kier molecular flexibility index (Phi) is 13.8. The summed E-state index contributed by atoms with van der Waals surface area (Å²) >= 11 is 0. The minimum atomic E-state index is -0.474. The Labute approximate surface area is 181 Å². The lowest BCUT2D eigenvalue weighted by Gasteiger charge is -2.20. The number of nitrogens with zero attached hydrogens (tertiary/aromatic N) is 3. The quantitative estimate of drug-likeness (QED) is 0.213. The lowest BCUT2D eigenvalue weighted by atomic mass is 10.2. The monoisotopic (exact) mass is 498 g/mol. The molecule has 0 aromatic rings. The maximum Gasteiger partial charge on any atom is 0.407 e. The summed E-state index contributed by atoms with van der Waals surface area (Å²) in [4.78, 5) is 20.7. The highest BCUT2D eigenvalue weighted by atomic mass is 127. The number of carbonyl (C=O) groups excluding carboxylic acids is 1. The van der Waals surface area contributed by atoms with Crippen LogP contribution in [0.3, 0.4) is 0 Å². The summed E-state index contributed by atoms with van der Waals surface area (Å²) in [6.07, 6.45) is 1.93. The first-order valence-corrected chi connectivity index (χ1v) is 9.62. The molecule has 0 aliphatic carbocycles. The molecule has 3 N–H and O–H groups in total. The number of aliphatic imine (C=N–C) groups is 1. The largest absolute Gasteiger partial charge is 0.444 e. The first kappa shape index (κ1) is 26.2. The predicted molar refractivity (Wildman–Crippen MR) is 122 cm³/mol. The Bertz CT molecular complexity index is 442. The number of guanidine groups is 1. The molecule has 1 heterocycles. The number of alkyl carbamates (subject to hydrolysis) is 1. The number of nitrogens with one attached hydrogen (secondary N) is 3. The van der Waals surface area contributed by atoms with Crippen LogP contribution in [0.2, 0.25) is 0 Å². The summed E-state index contributed by atoms with van der Waals surface area (Å²) in [5.41, 5.74) is -0.474. The molecule has 0 atom stereocenters. The van der Waals surface area contributed by atoms with Gasteiger partial charge in [0.15, 0.2) is 5.96 Å². The molecular formula is C18H39IN6O2. The molecule has 1 aliphatic heterocycles. The van der Waals surface area contributed by atoms with Crippen molar-refractivity contribution in [2.75, 3.05) is 66.5 Å². The van der Waals surface area contributed by atoms with E-state index in [9.17, 15) is 4.79 Å². The third kappa shape index (κ3) is 13.9. The fourth-order valence-corrected chi connectivity index (χ4v) is 2.71. The standard InChI is InChI=1S/C18H38N6O2.HI/c1-18(2,3)26-17(25)22-10-9-21-16(19-4)20-8-6-12-24-13-7-11-23(5)14-15-24;/h6-15H2,1-5H3,(H,22,25)(H2,19,20,21);1H. The number of hydrogen-bond donors (Lipinski definition) is 3. The summed E-state index contributed by atoms with van der Waals surface area (Å²) in [5, 5.41) is 9.23. The van der Waals surface area contributed by atoms with E-state index in [1.807, 2.05) is 20.8 Å². The molecule has 0 aromatic heterocycles. The van der Waals surface area contributed by atoms with Gasteiger partial charge in [-0.25, -0.2) is 4.79 Å². The zero-order valence-corrected chi connectivity index (χ0v) is 20.0. The van der Waals surface area contributed by atoms with E-state index in [4.69, 9.17) is 4.74 Å². The number of amides is 1. The van der Waals surface area contributed by atoms with Crippen LogP contribution < -0.4 is 16.0 Å². The average Bonchev–Trinajstić information content (AvgIpc) is 2.76. The molecule has 0 spiro atoms. The van der Waals surface area contributed by atoms with Gasteiger partial charge in [0, 0.05) is 39.8 Å². The number of hydrogen-bond acceptors (Lipinski definition) is 5. The molecule has 0 saturated carbocycles. The number of likely N-dealkylation sites (N-methyl/N-ethyl adjacent to an activating group) is 1. The van der Waals surface area contributed by atoms with Crippen LogP contribution in [0.5, 0.6) is 0 Å². The van der Waals surface area contributed by atoms with Crippen LogP contribution in [0.4, 0.5) is 4.79 Å². The molecule has 0 unspecified atom stereocenters.